The standard InChI is InChI=1S/C19H20ClN5O3/c1-24-17(13-3-9-16(28-2)10-4-13)23-25(19(24)27)12-11-21-18(26)22-15-7-5-14(20)6-8-15/h3-10H,11-12H2,1-2H3,(H2,21,22,26). The summed E-state index contributed by atoms with van der Waals surface area (Å²) in [6.07, 6.45) is 0. The number of anilines is 1. The number of methoxy groups -OCH3 is 1. The number of halogens is 1. The second-order valence-corrected chi connectivity index (χ2v) is 6.44. The zero-order chi connectivity index (χ0) is 20.1. The van der Waals surface area contributed by atoms with E-state index in [0.717, 1.165) is 11.3 Å². The predicted octanol–water partition coefficient (Wildman–Crippen LogP) is 2.73. The van der Waals surface area contributed by atoms with Gasteiger partial charge in [-0.3, -0.25) is 4.57 Å². The molecule has 0 unspecified atom stereocenters. The summed E-state index contributed by atoms with van der Waals surface area (Å²) in [5, 5.41) is 10.3. The van der Waals surface area contributed by atoms with Gasteiger partial charge in [-0.05, 0) is 48.5 Å². The molecule has 0 spiro atoms. The third-order valence-electron chi connectivity index (χ3n) is 4.10. The van der Waals surface area contributed by atoms with Crippen molar-refractivity contribution in [2.75, 3.05) is 19.0 Å². The quantitative estimate of drug-likeness (QED) is 0.664. The van der Waals surface area contributed by atoms with Gasteiger partial charge in [-0.1, -0.05) is 11.6 Å². The summed E-state index contributed by atoms with van der Waals surface area (Å²) >= 11 is 5.81. The number of nitrogens with one attached hydrogen (secondary N) is 2. The minimum Gasteiger partial charge on any atom is -0.497 e. The van der Waals surface area contributed by atoms with E-state index >= 15 is 0 Å². The highest BCUT2D eigenvalue weighted by molar-refractivity contribution is 6.30. The molecule has 0 bridgehead atoms. The summed E-state index contributed by atoms with van der Waals surface area (Å²) in [4.78, 5) is 24.3. The average molecular weight is 402 g/mol. The molecule has 0 aliphatic rings. The number of urea groups is 1. The fourth-order valence-corrected chi connectivity index (χ4v) is 2.73. The second kappa shape index (κ2) is 8.62. The highest BCUT2D eigenvalue weighted by Crippen LogP contribution is 2.19. The molecule has 0 fully saturated rings. The molecule has 0 saturated carbocycles. The van der Waals surface area contributed by atoms with Crippen molar-refractivity contribution in [3.05, 3.63) is 64.0 Å². The Balaban J connectivity index is 1.60. The van der Waals surface area contributed by atoms with Crippen molar-refractivity contribution in [3.63, 3.8) is 0 Å². The van der Waals surface area contributed by atoms with Gasteiger partial charge < -0.3 is 15.4 Å². The summed E-state index contributed by atoms with van der Waals surface area (Å²) in [5.41, 5.74) is 1.16. The number of hydrogen-bond donors (Lipinski definition) is 2. The van der Waals surface area contributed by atoms with Crippen LogP contribution in [0.25, 0.3) is 11.4 Å². The maximum Gasteiger partial charge on any atom is 0.345 e. The minimum absolute atomic E-state index is 0.247. The lowest BCUT2D eigenvalue weighted by atomic mass is 10.2. The Hall–Kier alpha value is -3.26. The molecular formula is C19H20ClN5O3. The van der Waals surface area contributed by atoms with Crippen LogP contribution >= 0.6 is 11.6 Å². The maximum atomic E-state index is 12.4. The number of hydrogen-bond acceptors (Lipinski definition) is 4. The Morgan fingerprint density at radius 2 is 1.82 bits per heavy atom. The smallest absolute Gasteiger partial charge is 0.345 e. The first-order valence-corrected chi connectivity index (χ1v) is 8.94. The van der Waals surface area contributed by atoms with E-state index in [4.69, 9.17) is 16.3 Å². The number of benzene rings is 2. The molecule has 146 valence electrons. The first-order valence-electron chi connectivity index (χ1n) is 8.56. The lowest BCUT2D eigenvalue weighted by Gasteiger charge is -2.07. The van der Waals surface area contributed by atoms with E-state index in [2.05, 4.69) is 15.7 Å². The molecule has 0 saturated heterocycles. The molecule has 3 rings (SSSR count). The summed E-state index contributed by atoms with van der Waals surface area (Å²) < 4.78 is 7.93. The van der Waals surface area contributed by atoms with Gasteiger partial charge in [0.25, 0.3) is 0 Å². The molecule has 2 N–H and O–H groups in total. The number of aromatic nitrogens is 3. The van der Waals surface area contributed by atoms with Crippen molar-refractivity contribution >= 4 is 23.3 Å². The van der Waals surface area contributed by atoms with Crippen molar-refractivity contribution in [3.8, 4) is 17.1 Å². The molecule has 9 heteroatoms. The molecule has 28 heavy (non-hydrogen) atoms. The van der Waals surface area contributed by atoms with Crippen LogP contribution in [0.3, 0.4) is 0 Å². The lowest BCUT2D eigenvalue weighted by molar-refractivity contribution is 0.251. The van der Waals surface area contributed by atoms with Crippen molar-refractivity contribution in [2.45, 2.75) is 6.54 Å². The molecule has 2 amide bonds. The summed E-state index contributed by atoms with van der Waals surface area (Å²) in [6, 6.07) is 13.7. The van der Waals surface area contributed by atoms with Crippen LogP contribution in [0, 0.1) is 0 Å². The first kappa shape index (κ1) is 19.5. The van der Waals surface area contributed by atoms with Gasteiger partial charge in [-0.25, -0.2) is 14.3 Å². The monoisotopic (exact) mass is 401 g/mol. The Morgan fingerprint density at radius 3 is 2.46 bits per heavy atom. The molecule has 3 aromatic rings. The Bertz CT molecular complexity index is 1010. The van der Waals surface area contributed by atoms with Gasteiger partial charge in [0.2, 0.25) is 0 Å². The van der Waals surface area contributed by atoms with Crippen molar-refractivity contribution in [1.82, 2.24) is 19.7 Å². The van der Waals surface area contributed by atoms with E-state index in [1.807, 2.05) is 24.3 Å². The Kier molecular flexibility index (Phi) is 6.00. The van der Waals surface area contributed by atoms with Crippen LogP contribution in [-0.2, 0) is 13.6 Å². The number of amides is 2. The van der Waals surface area contributed by atoms with Crippen LogP contribution in [-0.4, -0.2) is 34.0 Å². The van der Waals surface area contributed by atoms with Crippen LogP contribution in [0.5, 0.6) is 5.75 Å². The molecule has 1 aromatic heterocycles. The van der Waals surface area contributed by atoms with Gasteiger partial charge in [-0.2, -0.15) is 0 Å². The maximum absolute atomic E-state index is 12.4. The SMILES string of the molecule is COc1ccc(-c2nn(CCNC(=O)Nc3ccc(Cl)cc3)c(=O)n2C)cc1. The van der Waals surface area contributed by atoms with E-state index in [1.165, 1.54) is 9.25 Å². The van der Waals surface area contributed by atoms with Gasteiger partial charge in [0.1, 0.15) is 5.75 Å². The number of ether oxygens (including phenoxy) is 1. The largest absolute Gasteiger partial charge is 0.497 e. The van der Waals surface area contributed by atoms with Gasteiger partial charge >= 0.3 is 11.7 Å². The number of nitrogens with zero attached hydrogens (tertiary/aromatic N) is 3. The minimum atomic E-state index is -0.373. The number of carbonyl (C=O) groups is 1. The lowest BCUT2D eigenvalue weighted by Crippen LogP contribution is -2.34. The highest BCUT2D eigenvalue weighted by Gasteiger charge is 2.12. The van der Waals surface area contributed by atoms with Crippen molar-refractivity contribution in [1.29, 1.82) is 0 Å². The van der Waals surface area contributed by atoms with E-state index < -0.39 is 0 Å². The summed E-state index contributed by atoms with van der Waals surface area (Å²) in [5.74, 6) is 1.27. The first-order chi connectivity index (χ1) is 13.5. The van der Waals surface area contributed by atoms with Gasteiger partial charge in [0.05, 0.1) is 13.7 Å². The molecule has 0 aliphatic heterocycles. The zero-order valence-electron chi connectivity index (χ0n) is 15.5. The van der Waals surface area contributed by atoms with Crippen molar-refractivity contribution < 1.29 is 9.53 Å². The normalized spacial score (nSPS) is 10.5. The van der Waals surface area contributed by atoms with Gasteiger partial charge in [-0.15, -0.1) is 5.10 Å². The molecule has 0 aliphatic carbocycles. The van der Waals surface area contributed by atoms with Crippen molar-refractivity contribution in [2.24, 2.45) is 7.05 Å². The average Bonchev–Trinajstić information content (AvgIpc) is 2.98. The molecule has 0 atom stereocenters. The summed E-state index contributed by atoms with van der Waals surface area (Å²) in [6.45, 7) is 0.495. The summed E-state index contributed by atoms with van der Waals surface area (Å²) in [7, 11) is 3.25. The number of carbonyl (C=O) groups excluding carboxylic acids is 1. The Morgan fingerprint density at radius 1 is 1.14 bits per heavy atom. The van der Waals surface area contributed by atoms with E-state index in [-0.39, 0.29) is 24.8 Å². The van der Waals surface area contributed by atoms with Gasteiger partial charge in [0, 0.05) is 29.9 Å². The third-order valence-corrected chi connectivity index (χ3v) is 4.35. The molecule has 0 radical (unpaired) electrons. The fourth-order valence-electron chi connectivity index (χ4n) is 2.61. The molecule has 1 heterocycles. The van der Waals surface area contributed by atoms with Crippen LogP contribution in [0.15, 0.2) is 53.3 Å². The van der Waals surface area contributed by atoms with E-state index in [9.17, 15) is 9.59 Å². The van der Waals surface area contributed by atoms with Gasteiger partial charge in [0.15, 0.2) is 5.82 Å². The molecule has 8 nitrogen and oxygen atoms in total. The van der Waals surface area contributed by atoms with Crippen LogP contribution < -0.4 is 21.1 Å². The van der Waals surface area contributed by atoms with Crippen LogP contribution in [0.1, 0.15) is 0 Å². The third kappa shape index (κ3) is 4.52. The number of rotatable bonds is 6. The van der Waals surface area contributed by atoms with Crippen LogP contribution in [0.4, 0.5) is 10.5 Å². The van der Waals surface area contributed by atoms with E-state index in [0.29, 0.717) is 16.5 Å². The molecular weight excluding hydrogens is 382 g/mol. The topological polar surface area (TPSA) is 90.2 Å². The van der Waals surface area contributed by atoms with Crippen LogP contribution in [0.2, 0.25) is 5.02 Å². The van der Waals surface area contributed by atoms with E-state index in [1.54, 1.807) is 38.4 Å². The Labute approximate surface area is 166 Å². The second-order valence-electron chi connectivity index (χ2n) is 6.00. The fraction of sp³-hybridized carbons (Fsp3) is 0.211. The highest BCUT2D eigenvalue weighted by atomic mass is 35.5. The predicted molar refractivity (Wildman–Crippen MR) is 108 cm³/mol. The zero-order valence-corrected chi connectivity index (χ0v) is 16.2. The molecule has 2 aromatic carbocycles.